The maximum Gasteiger partial charge on any atom is -0.00761 e. The minimum absolute atomic E-state index is 1.27. The van der Waals surface area contributed by atoms with E-state index < -0.39 is 0 Å². The van der Waals surface area contributed by atoms with Gasteiger partial charge in [0.15, 0.2) is 0 Å². The monoisotopic (exact) mass is 274 g/mol. The summed E-state index contributed by atoms with van der Waals surface area (Å²) in [6.45, 7) is 6.18. The van der Waals surface area contributed by atoms with Crippen molar-refractivity contribution in [2.24, 2.45) is 0 Å². The van der Waals surface area contributed by atoms with E-state index in [2.05, 4.69) is 85.8 Å². The highest BCUT2D eigenvalue weighted by atomic mass is 14.1. The van der Waals surface area contributed by atoms with Gasteiger partial charge in [-0.2, -0.15) is 0 Å². The highest BCUT2D eigenvalue weighted by Crippen LogP contribution is 2.34. The fourth-order valence-electron chi connectivity index (χ4n) is 2.51. The van der Waals surface area contributed by atoms with E-state index in [1.165, 1.54) is 27.8 Å². The van der Waals surface area contributed by atoms with Gasteiger partial charge in [-0.25, -0.2) is 0 Å². The van der Waals surface area contributed by atoms with E-state index in [4.69, 9.17) is 0 Å². The number of hydrogen-bond acceptors (Lipinski definition) is 0. The Hall–Kier alpha value is -2.34. The lowest BCUT2D eigenvalue weighted by Crippen LogP contribution is -1.88. The summed E-state index contributed by atoms with van der Waals surface area (Å²) in [6.07, 6.45) is 0. The van der Waals surface area contributed by atoms with E-state index in [9.17, 15) is 0 Å². The van der Waals surface area contributed by atoms with Crippen molar-refractivity contribution in [3.63, 3.8) is 0 Å². The Kier molecular flexibility index (Phi) is 5.34. The summed E-state index contributed by atoms with van der Waals surface area (Å²) >= 11 is 0. The summed E-state index contributed by atoms with van der Waals surface area (Å²) in [7, 11) is 0. The van der Waals surface area contributed by atoms with Crippen LogP contribution in [0.2, 0.25) is 0 Å². The molecule has 3 aromatic rings. The van der Waals surface area contributed by atoms with Crippen molar-refractivity contribution >= 4 is 0 Å². The van der Waals surface area contributed by atoms with Gasteiger partial charge in [-0.1, -0.05) is 92.7 Å². The molecular formula is C21H22. The van der Waals surface area contributed by atoms with Crippen LogP contribution in [0.5, 0.6) is 0 Å². The molecular weight excluding hydrogens is 252 g/mol. The molecule has 0 saturated heterocycles. The molecule has 0 spiro atoms. The number of aryl methyl sites for hydroxylation is 1. The van der Waals surface area contributed by atoms with Gasteiger partial charge in [0.05, 0.1) is 0 Å². The van der Waals surface area contributed by atoms with Gasteiger partial charge in [0.25, 0.3) is 0 Å². The molecule has 0 amide bonds. The first-order valence-electron chi connectivity index (χ1n) is 7.57. The predicted octanol–water partition coefficient (Wildman–Crippen LogP) is 6.36. The molecule has 0 saturated carbocycles. The van der Waals surface area contributed by atoms with Gasteiger partial charge in [0.2, 0.25) is 0 Å². The van der Waals surface area contributed by atoms with Gasteiger partial charge in [-0.05, 0) is 34.7 Å². The van der Waals surface area contributed by atoms with Gasteiger partial charge >= 0.3 is 0 Å². The van der Waals surface area contributed by atoms with Crippen LogP contribution in [0, 0.1) is 6.92 Å². The molecule has 0 heterocycles. The minimum atomic E-state index is 1.27. The fraction of sp³-hybridized carbons (Fsp3) is 0.143. The van der Waals surface area contributed by atoms with Crippen molar-refractivity contribution < 1.29 is 0 Å². The molecule has 0 aromatic heterocycles. The molecule has 0 unspecified atom stereocenters. The zero-order valence-electron chi connectivity index (χ0n) is 13.0. The lowest BCUT2D eigenvalue weighted by molar-refractivity contribution is 1.45. The van der Waals surface area contributed by atoms with Crippen molar-refractivity contribution in [1.29, 1.82) is 0 Å². The Morgan fingerprint density at radius 2 is 1.05 bits per heavy atom. The molecule has 0 atom stereocenters. The van der Waals surface area contributed by atoms with Crippen molar-refractivity contribution in [2.75, 3.05) is 0 Å². The van der Waals surface area contributed by atoms with Crippen molar-refractivity contribution in [3.8, 4) is 22.3 Å². The Morgan fingerprint density at radius 3 is 1.62 bits per heavy atom. The van der Waals surface area contributed by atoms with Crippen LogP contribution < -0.4 is 0 Å². The van der Waals surface area contributed by atoms with Crippen LogP contribution in [0.1, 0.15) is 19.4 Å². The van der Waals surface area contributed by atoms with Crippen molar-refractivity contribution in [1.82, 2.24) is 0 Å². The quantitative estimate of drug-likeness (QED) is 0.510. The molecule has 0 bridgehead atoms. The highest BCUT2D eigenvalue weighted by molar-refractivity contribution is 5.85. The molecule has 106 valence electrons. The number of rotatable bonds is 2. The SMILES string of the molecule is CC.Cc1cccc(-c2ccccc2)c1-c1ccccc1. The maximum absolute atomic E-state index is 2.20. The van der Waals surface area contributed by atoms with Crippen LogP contribution >= 0.6 is 0 Å². The third kappa shape index (κ3) is 3.41. The number of hydrogen-bond donors (Lipinski definition) is 0. The first kappa shape index (κ1) is 15.1. The zero-order chi connectivity index (χ0) is 15.1. The molecule has 0 heteroatoms. The average molecular weight is 274 g/mol. The maximum atomic E-state index is 2.20. The summed E-state index contributed by atoms with van der Waals surface area (Å²) in [5.74, 6) is 0. The van der Waals surface area contributed by atoms with Crippen molar-refractivity contribution in [3.05, 3.63) is 84.4 Å². The standard InChI is InChI=1S/C19H16.C2H6/c1-15-9-8-14-18(16-10-4-2-5-11-16)19(15)17-12-6-3-7-13-17;1-2/h2-14H,1H3;1-2H3. The second-order valence-electron chi connectivity index (χ2n) is 4.73. The van der Waals surface area contributed by atoms with Crippen LogP contribution in [0.25, 0.3) is 22.3 Å². The molecule has 0 aliphatic carbocycles. The molecule has 0 N–H and O–H groups in total. The summed E-state index contributed by atoms with van der Waals surface area (Å²) in [5.41, 5.74) is 6.48. The Balaban J connectivity index is 0.000000774. The second kappa shape index (κ2) is 7.44. The van der Waals surface area contributed by atoms with E-state index in [1.54, 1.807) is 0 Å². The van der Waals surface area contributed by atoms with Gasteiger partial charge < -0.3 is 0 Å². The fourth-order valence-corrected chi connectivity index (χ4v) is 2.51. The third-order valence-electron chi connectivity index (χ3n) is 3.42. The van der Waals surface area contributed by atoms with Gasteiger partial charge in [0.1, 0.15) is 0 Å². The Labute approximate surface area is 128 Å². The van der Waals surface area contributed by atoms with Crippen LogP contribution in [-0.2, 0) is 0 Å². The molecule has 0 aliphatic rings. The molecule has 0 nitrogen and oxygen atoms in total. The molecule has 0 radical (unpaired) electrons. The van der Waals surface area contributed by atoms with Gasteiger partial charge in [0, 0.05) is 0 Å². The van der Waals surface area contributed by atoms with E-state index in [-0.39, 0.29) is 0 Å². The lowest BCUT2D eigenvalue weighted by Gasteiger charge is -2.13. The lowest BCUT2D eigenvalue weighted by atomic mass is 9.91. The van der Waals surface area contributed by atoms with Crippen LogP contribution in [0.15, 0.2) is 78.9 Å². The summed E-state index contributed by atoms with van der Waals surface area (Å²) < 4.78 is 0. The van der Waals surface area contributed by atoms with Crippen LogP contribution in [-0.4, -0.2) is 0 Å². The average Bonchev–Trinajstić information content (AvgIpc) is 2.58. The summed E-state index contributed by atoms with van der Waals surface area (Å²) in [4.78, 5) is 0. The normalized spacial score (nSPS) is 9.67. The molecule has 0 aliphatic heterocycles. The molecule has 0 fully saturated rings. The topological polar surface area (TPSA) is 0 Å². The Morgan fingerprint density at radius 1 is 0.524 bits per heavy atom. The summed E-state index contributed by atoms with van der Waals surface area (Å²) in [6, 6.07) is 27.7. The van der Waals surface area contributed by atoms with Crippen molar-refractivity contribution in [2.45, 2.75) is 20.8 Å². The number of benzene rings is 3. The first-order chi connectivity index (χ1) is 10.4. The van der Waals surface area contributed by atoms with Crippen LogP contribution in [0.4, 0.5) is 0 Å². The summed E-state index contributed by atoms with van der Waals surface area (Å²) in [5, 5.41) is 0. The second-order valence-corrected chi connectivity index (χ2v) is 4.73. The Bertz CT molecular complexity index is 667. The van der Waals surface area contributed by atoms with Gasteiger partial charge in [-0.3, -0.25) is 0 Å². The zero-order valence-corrected chi connectivity index (χ0v) is 13.0. The van der Waals surface area contributed by atoms with E-state index in [0.717, 1.165) is 0 Å². The predicted molar refractivity (Wildman–Crippen MR) is 93.4 cm³/mol. The van der Waals surface area contributed by atoms with Gasteiger partial charge in [-0.15, -0.1) is 0 Å². The molecule has 3 rings (SSSR count). The van der Waals surface area contributed by atoms with E-state index >= 15 is 0 Å². The van der Waals surface area contributed by atoms with E-state index in [1.807, 2.05) is 13.8 Å². The molecule has 21 heavy (non-hydrogen) atoms. The third-order valence-corrected chi connectivity index (χ3v) is 3.42. The smallest absolute Gasteiger partial charge is 0.00761 e. The first-order valence-corrected chi connectivity index (χ1v) is 7.57. The highest BCUT2D eigenvalue weighted by Gasteiger charge is 2.09. The molecule has 3 aromatic carbocycles. The van der Waals surface area contributed by atoms with E-state index in [0.29, 0.717) is 0 Å². The largest absolute Gasteiger partial charge is 0.0683 e. The van der Waals surface area contributed by atoms with Crippen LogP contribution in [0.3, 0.4) is 0 Å². The minimum Gasteiger partial charge on any atom is -0.0683 e.